The van der Waals surface area contributed by atoms with E-state index in [1.807, 2.05) is 0 Å². The van der Waals surface area contributed by atoms with E-state index in [2.05, 4.69) is 91.3 Å². The number of allylic oxidation sites excluding steroid dienone is 12. The number of phosphoric acid groups is 1. The van der Waals surface area contributed by atoms with Gasteiger partial charge in [-0.2, -0.15) is 0 Å². The lowest BCUT2D eigenvalue weighted by Gasteiger charge is -2.18. The molecule has 0 aliphatic rings. The molecule has 9 heteroatoms. The number of hydrogen-bond acceptors (Lipinski definition) is 6. The van der Waals surface area contributed by atoms with E-state index >= 15 is 0 Å². The quantitative estimate of drug-likeness (QED) is 0.0309. The average molecular weight is 693 g/mol. The zero-order valence-corrected chi connectivity index (χ0v) is 30.7. The van der Waals surface area contributed by atoms with Crippen molar-refractivity contribution in [1.29, 1.82) is 0 Å². The van der Waals surface area contributed by atoms with Gasteiger partial charge in [0, 0.05) is 12.8 Å². The van der Waals surface area contributed by atoms with Crippen LogP contribution in [0.5, 0.6) is 0 Å². The normalized spacial score (nSPS) is 13.3. The molecule has 1 atom stereocenters. The first-order valence-electron chi connectivity index (χ1n) is 18.2. The highest BCUT2D eigenvalue weighted by Crippen LogP contribution is 2.35. The highest BCUT2D eigenvalue weighted by Gasteiger charge is 2.22. The smallest absolute Gasteiger partial charge is 0.462 e. The second-order valence-electron chi connectivity index (χ2n) is 11.8. The number of esters is 2. The van der Waals surface area contributed by atoms with Gasteiger partial charge in [0.05, 0.1) is 6.61 Å². The lowest BCUT2D eigenvalue weighted by atomic mass is 10.1. The van der Waals surface area contributed by atoms with Crippen LogP contribution in [-0.4, -0.2) is 41.0 Å². The van der Waals surface area contributed by atoms with Crippen molar-refractivity contribution in [3.63, 3.8) is 0 Å². The molecule has 0 radical (unpaired) electrons. The minimum absolute atomic E-state index is 0.153. The second kappa shape index (κ2) is 34.4. The summed E-state index contributed by atoms with van der Waals surface area (Å²) in [5, 5.41) is 0. The van der Waals surface area contributed by atoms with E-state index in [0.29, 0.717) is 12.8 Å². The van der Waals surface area contributed by atoms with Crippen LogP contribution in [0.15, 0.2) is 72.9 Å². The van der Waals surface area contributed by atoms with Crippen LogP contribution < -0.4 is 0 Å². The predicted octanol–water partition coefficient (Wildman–Crippen LogP) is 10.7. The lowest BCUT2D eigenvalue weighted by Crippen LogP contribution is -2.29. The summed E-state index contributed by atoms with van der Waals surface area (Å²) in [5.41, 5.74) is 0. The van der Waals surface area contributed by atoms with Crippen molar-refractivity contribution in [2.45, 2.75) is 148 Å². The summed E-state index contributed by atoms with van der Waals surface area (Å²) < 4.78 is 26.2. The third-order valence-electron chi connectivity index (χ3n) is 7.21. The van der Waals surface area contributed by atoms with Crippen LogP contribution in [0, 0.1) is 0 Å². The van der Waals surface area contributed by atoms with Crippen LogP contribution in [0.2, 0.25) is 0 Å². The van der Waals surface area contributed by atoms with Crippen molar-refractivity contribution in [3.8, 4) is 0 Å². The van der Waals surface area contributed by atoms with E-state index in [1.165, 1.54) is 25.7 Å². The maximum absolute atomic E-state index is 12.3. The average Bonchev–Trinajstić information content (AvgIpc) is 3.05. The topological polar surface area (TPSA) is 119 Å². The monoisotopic (exact) mass is 692 g/mol. The second-order valence-corrected chi connectivity index (χ2v) is 13.0. The van der Waals surface area contributed by atoms with Crippen molar-refractivity contribution in [2.75, 3.05) is 13.2 Å². The molecule has 0 aromatic rings. The van der Waals surface area contributed by atoms with E-state index in [9.17, 15) is 14.2 Å². The Morgan fingerprint density at radius 3 is 1.54 bits per heavy atom. The molecule has 0 aromatic carbocycles. The third kappa shape index (κ3) is 36.3. The molecule has 0 aliphatic carbocycles. The molecule has 2 N–H and O–H groups in total. The van der Waals surface area contributed by atoms with Gasteiger partial charge in [0.2, 0.25) is 0 Å². The molecular formula is C39H65O8P. The Kier molecular flexibility index (Phi) is 32.6. The van der Waals surface area contributed by atoms with Gasteiger partial charge in [-0.25, -0.2) is 4.57 Å². The predicted molar refractivity (Wildman–Crippen MR) is 197 cm³/mol. The molecule has 0 saturated heterocycles. The summed E-state index contributed by atoms with van der Waals surface area (Å²) in [5.74, 6) is -0.958. The molecule has 0 heterocycles. The number of unbranched alkanes of at least 4 members (excludes halogenated alkanes) is 10. The largest absolute Gasteiger partial charge is 0.469 e. The Morgan fingerprint density at radius 2 is 1.00 bits per heavy atom. The van der Waals surface area contributed by atoms with Crippen LogP contribution in [0.4, 0.5) is 0 Å². The zero-order valence-electron chi connectivity index (χ0n) is 29.9. The number of carbonyl (C=O) groups is 2. The Labute approximate surface area is 291 Å². The van der Waals surface area contributed by atoms with Crippen LogP contribution in [0.25, 0.3) is 0 Å². The molecule has 0 bridgehead atoms. The van der Waals surface area contributed by atoms with Crippen molar-refractivity contribution >= 4 is 19.8 Å². The number of hydrogen-bond donors (Lipinski definition) is 2. The Morgan fingerprint density at radius 1 is 0.562 bits per heavy atom. The first-order chi connectivity index (χ1) is 23.3. The summed E-state index contributed by atoms with van der Waals surface area (Å²) in [7, 11) is -4.77. The van der Waals surface area contributed by atoms with Gasteiger partial charge >= 0.3 is 19.8 Å². The van der Waals surface area contributed by atoms with Gasteiger partial charge in [0.1, 0.15) is 6.61 Å². The van der Waals surface area contributed by atoms with Gasteiger partial charge in [-0.05, 0) is 83.5 Å². The molecule has 0 saturated carbocycles. The SMILES string of the molecule is CC/C=C\C/C=C\C/C=C\C/C=C\CCCCC(=O)O[C@H](COC(=O)CCCCCCC/C=C\C/C=C\CCCCC)COP(=O)(O)O. The third-order valence-corrected chi connectivity index (χ3v) is 7.69. The zero-order chi connectivity index (χ0) is 35.4. The van der Waals surface area contributed by atoms with Crippen molar-refractivity contribution in [1.82, 2.24) is 0 Å². The molecule has 0 amide bonds. The number of ether oxygens (including phenoxy) is 2. The lowest BCUT2D eigenvalue weighted by molar-refractivity contribution is -0.161. The summed E-state index contributed by atoms with van der Waals surface area (Å²) >= 11 is 0. The van der Waals surface area contributed by atoms with Crippen molar-refractivity contribution in [2.24, 2.45) is 0 Å². The van der Waals surface area contributed by atoms with E-state index in [0.717, 1.165) is 77.0 Å². The van der Waals surface area contributed by atoms with Gasteiger partial charge in [0.25, 0.3) is 0 Å². The first kappa shape index (κ1) is 45.5. The molecular weight excluding hydrogens is 627 g/mol. The minimum Gasteiger partial charge on any atom is -0.462 e. The van der Waals surface area contributed by atoms with Crippen LogP contribution in [0.3, 0.4) is 0 Å². The molecule has 0 unspecified atom stereocenters. The van der Waals surface area contributed by atoms with E-state index < -0.39 is 32.5 Å². The molecule has 274 valence electrons. The Balaban J connectivity index is 4.10. The fraction of sp³-hybridized carbons (Fsp3) is 0.641. The fourth-order valence-corrected chi connectivity index (χ4v) is 4.87. The van der Waals surface area contributed by atoms with Gasteiger partial charge in [0.15, 0.2) is 6.10 Å². The maximum atomic E-state index is 12.3. The Hall–Kier alpha value is -2.51. The highest BCUT2D eigenvalue weighted by atomic mass is 31.2. The molecule has 0 fully saturated rings. The minimum atomic E-state index is -4.77. The molecule has 48 heavy (non-hydrogen) atoms. The summed E-state index contributed by atoms with van der Waals surface area (Å²) in [4.78, 5) is 42.6. The van der Waals surface area contributed by atoms with Crippen molar-refractivity contribution < 1.29 is 37.9 Å². The van der Waals surface area contributed by atoms with Crippen molar-refractivity contribution in [3.05, 3.63) is 72.9 Å². The van der Waals surface area contributed by atoms with E-state index in [-0.39, 0.29) is 19.4 Å². The molecule has 0 aromatic heterocycles. The standard InChI is InChI=1S/C39H65O8P/c1-3-5-7-9-11-13-15-17-19-21-23-25-27-29-31-33-38(40)45-35-37(36-46-48(42,43)44)47-39(41)34-32-30-28-26-24-22-20-18-16-14-12-10-8-6-4-2/h6,8,11-14,17-20,24,26,37H,3-5,7,9-10,15-16,21-23,25,27-36H2,1-2H3,(H2,42,43,44)/b8-6-,13-11-,14-12-,19-17-,20-18-,26-24-/t37-/m1/s1. The highest BCUT2D eigenvalue weighted by molar-refractivity contribution is 7.46. The Bertz CT molecular complexity index is 1010. The van der Waals surface area contributed by atoms with Gasteiger partial charge < -0.3 is 19.3 Å². The number of rotatable bonds is 32. The van der Waals surface area contributed by atoms with Gasteiger partial charge in [-0.3, -0.25) is 14.1 Å². The number of carbonyl (C=O) groups excluding carboxylic acids is 2. The van der Waals surface area contributed by atoms with Gasteiger partial charge in [-0.1, -0.05) is 119 Å². The summed E-state index contributed by atoms with van der Waals surface area (Å²) in [6.07, 6.45) is 43.4. The molecule has 0 rings (SSSR count). The van der Waals surface area contributed by atoms with Crippen LogP contribution in [-0.2, 0) is 28.2 Å². The van der Waals surface area contributed by atoms with Crippen LogP contribution in [0.1, 0.15) is 142 Å². The fourth-order valence-electron chi connectivity index (χ4n) is 4.51. The maximum Gasteiger partial charge on any atom is 0.469 e. The van der Waals surface area contributed by atoms with Gasteiger partial charge in [-0.15, -0.1) is 0 Å². The summed E-state index contributed by atoms with van der Waals surface area (Å²) in [6.45, 7) is 3.47. The van der Waals surface area contributed by atoms with Crippen LogP contribution >= 0.6 is 7.82 Å². The summed E-state index contributed by atoms with van der Waals surface area (Å²) in [6, 6.07) is 0. The molecule has 0 spiro atoms. The van der Waals surface area contributed by atoms with E-state index in [1.54, 1.807) is 0 Å². The van der Waals surface area contributed by atoms with E-state index in [4.69, 9.17) is 19.3 Å². The number of phosphoric ester groups is 1. The molecule has 0 aliphatic heterocycles. The molecule has 8 nitrogen and oxygen atoms in total. The first-order valence-corrected chi connectivity index (χ1v) is 19.8.